The lowest BCUT2D eigenvalue weighted by Gasteiger charge is -2.49. The molecule has 1 aliphatic rings. The highest BCUT2D eigenvalue weighted by molar-refractivity contribution is 7.92. The summed E-state index contributed by atoms with van der Waals surface area (Å²) in [5.41, 5.74) is -3.57. The van der Waals surface area contributed by atoms with Gasteiger partial charge < -0.3 is 20.6 Å². The zero-order valence-corrected chi connectivity index (χ0v) is 20.4. The van der Waals surface area contributed by atoms with Crippen molar-refractivity contribution in [2.45, 2.75) is 61.4 Å². The van der Waals surface area contributed by atoms with Crippen molar-refractivity contribution < 1.29 is 48.6 Å². The number of anilines is 1. The van der Waals surface area contributed by atoms with Crippen LogP contribution in [0.2, 0.25) is 5.02 Å². The van der Waals surface area contributed by atoms with Crippen LogP contribution in [0.25, 0.3) is 0 Å². The summed E-state index contributed by atoms with van der Waals surface area (Å²) in [7, 11) is -4.98. The number of carbonyl (C=O) groups excluding carboxylic acids is 1. The number of nitrogens with one attached hydrogen (secondary N) is 1. The molecule has 0 bridgehead atoms. The molecule has 0 radical (unpaired) electrons. The standard InChI is InChI=1S/C24H27ClF3NO6S/c1-11-6-16(7-12(2)24(11,33)22(31)13(3)30)36(34,35)20-8-14(4-5-17(20)25)23(32)29-15-9-18(26)21(28)19(27)10-15/h4-5,8-13,16,22,30-31,33H,6-7H2,1-3H3,(H,29,32)/t11-,12?,13?,16-,22?,24-/m0/s1/i1D,2D3,16D. The summed E-state index contributed by atoms with van der Waals surface area (Å²) in [6, 6.07) is 3.77. The molecule has 0 aliphatic heterocycles. The van der Waals surface area contributed by atoms with Gasteiger partial charge >= 0.3 is 0 Å². The van der Waals surface area contributed by atoms with Gasteiger partial charge in [0.25, 0.3) is 5.91 Å². The molecule has 6 atom stereocenters. The lowest BCUT2D eigenvalue weighted by molar-refractivity contribution is -0.186. The molecule has 0 saturated heterocycles. The van der Waals surface area contributed by atoms with Gasteiger partial charge in [0.2, 0.25) is 0 Å². The Balaban J connectivity index is 2.07. The third kappa shape index (κ3) is 5.12. The topological polar surface area (TPSA) is 124 Å². The van der Waals surface area contributed by atoms with E-state index in [2.05, 4.69) is 5.32 Å². The normalized spacial score (nSPS) is 30.7. The van der Waals surface area contributed by atoms with Gasteiger partial charge in [0.15, 0.2) is 27.3 Å². The van der Waals surface area contributed by atoms with Gasteiger partial charge in [0.1, 0.15) is 6.10 Å². The van der Waals surface area contributed by atoms with Gasteiger partial charge in [-0.3, -0.25) is 4.79 Å². The van der Waals surface area contributed by atoms with Crippen LogP contribution in [0.4, 0.5) is 18.9 Å². The molecule has 0 aromatic heterocycles. The third-order valence-electron chi connectivity index (χ3n) is 6.15. The number of hydrogen-bond donors (Lipinski definition) is 4. The average Bonchev–Trinajstić information content (AvgIpc) is 2.87. The highest BCUT2D eigenvalue weighted by Crippen LogP contribution is 2.45. The van der Waals surface area contributed by atoms with Crippen LogP contribution >= 0.6 is 11.6 Å². The first-order chi connectivity index (χ1) is 18.7. The number of aliphatic hydroxyl groups excluding tert-OH is 2. The Morgan fingerprint density at radius 2 is 1.81 bits per heavy atom. The first-order valence-corrected chi connectivity index (χ1v) is 12.4. The number of aliphatic hydroxyl groups is 3. The van der Waals surface area contributed by atoms with Crippen molar-refractivity contribution in [3.63, 3.8) is 0 Å². The highest BCUT2D eigenvalue weighted by Gasteiger charge is 2.53. The van der Waals surface area contributed by atoms with Crippen LogP contribution in [0.15, 0.2) is 35.2 Å². The van der Waals surface area contributed by atoms with Gasteiger partial charge in [-0.1, -0.05) is 25.4 Å². The predicted molar refractivity (Wildman–Crippen MR) is 127 cm³/mol. The molecule has 0 spiro atoms. The molecule has 7 nitrogen and oxygen atoms in total. The van der Waals surface area contributed by atoms with Crippen LogP contribution in [0.1, 0.15) is 50.7 Å². The Morgan fingerprint density at radius 3 is 2.36 bits per heavy atom. The molecule has 2 aromatic rings. The van der Waals surface area contributed by atoms with Crippen LogP contribution in [-0.4, -0.2) is 52.7 Å². The number of sulfone groups is 1. The lowest BCUT2D eigenvalue weighted by Crippen LogP contribution is -2.60. The van der Waals surface area contributed by atoms with Gasteiger partial charge in [-0.05, 0) is 49.8 Å². The maximum atomic E-state index is 13.9. The average molecular weight is 555 g/mol. The second kappa shape index (κ2) is 10.3. The van der Waals surface area contributed by atoms with Crippen LogP contribution < -0.4 is 5.32 Å². The lowest BCUT2D eigenvalue weighted by atomic mass is 9.66. The summed E-state index contributed by atoms with van der Waals surface area (Å²) in [6.07, 6.45) is -5.66. The molecule has 3 unspecified atom stereocenters. The van der Waals surface area contributed by atoms with Crippen LogP contribution in [0.5, 0.6) is 0 Å². The molecule has 36 heavy (non-hydrogen) atoms. The van der Waals surface area contributed by atoms with E-state index in [0.717, 1.165) is 25.1 Å². The minimum Gasteiger partial charge on any atom is -0.391 e. The number of amides is 1. The maximum Gasteiger partial charge on any atom is 0.255 e. The largest absolute Gasteiger partial charge is 0.391 e. The van der Waals surface area contributed by atoms with E-state index in [0.29, 0.717) is 12.1 Å². The molecule has 3 rings (SSSR count). The Morgan fingerprint density at radius 1 is 1.19 bits per heavy atom. The Hall–Kier alpha value is -2.18. The van der Waals surface area contributed by atoms with E-state index in [9.17, 15) is 41.7 Å². The van der Waals surface area contributed by atoms with E-state index < -0.39 is 116 Å². The van der Waals surface area contributed by atoms with E-state index >= 15 is 0 Å². The molecule has 1 fully saturated rings. The van der Waals surface area contributed by atoms with Gasteiger partial charge in [-0.25, -0.2) is 21.6 Å². The number of hydrogen-bond acceptors (Lipinski definition) is 6. The fraction of sp³-hybridized carbons (Fsp3) is 0.458. The van der Waals surface area contributed by atoms with Crippen LogP contribution in [-0.2, 0) is 9.84 Å². The quantitative estimate of drug-likeness (QED) is 0.404. The SMILES string of the molecule is [2H]C[C@H]1C[C@]([2H])(S(=O)(=O)c2cc(C(=O)Nc3cc(F)c(F)c(F)c3)ccc2Cl)CC(C([2H])([2H])[2H])[C@]1(O)C(O)C(C)O. The Labute approximate surface area is 218 Å². The fourth-order valence-electron chi connectivity index (χ4n) is 4.09. The molecular formula is C24H27ClF3NO6S. The van der Waals surface area contributed by atoms with Gasteiger partial charge in [0, 0.05) is 30.2 Å². The zero-order valence-electron chi connectivity index (χ0n) is 23.8. The van der Waals surface area contributed by atoms with Gasteiger partial charge in [-0.2, -0.15) is 0 Å². The third-order valence-corrected chi connectivity index (χ3v) is 8.61. The summed E-state index contributed by atoms with van der Waals surface area (Å²) in [4.78, 5) is 12.0. The first kappa shape index (κ1) is 21.9. The smallest absolute Gasteiger partial charge is 0.255 e. The molecule has 12 heteroatoms. The molecule has 4 N–H and O–H groups in total. The van der Waals surface area contributed by atoms with E-state index in [1.54, 1.807) is 0 Å². The summed E-state index contributed by atoms with van der Waals surface area (Å²) in [5.74, 6) is -9.74. The number of halogens is 4. The van der Waals surface area contributed by atoms with E-state index in [-0.39, 0.29) is 0 Å². The predicted octanol–water partition coefficient (Wildman–Crippen LogP) is 3.69. The summed E-state index contributed by atoms with van der Waals surface area (Å²) in [6.45, 7) is -2.89. The van der Waals surface area contributed by atoms with Gasteiger partial charge in [-0.15, -0.1) is 0 Å². The molecular weight excluding hydrogens is 523 g/mol. The fourth-order valence-corrected chi connectivity index (χ4v) is 6.23. The Bertz CT molecular complexity index is 1430. The van der Waals surface area contributed by atoms with Crippen molar-refractivity contribution in [3.8, 4) is 0 Å². The molecule has 1 amide bonds. The first-order valence-electron chi connectivity index (χ1n) is 13.3. The van der Waals surface area contributed by atoms with Crippen molar-refractivity contribution in [3.05, 3.63) is 58.4 Å². The van der Waals surface area contributed by atoms with E-state index in [1.807, 2.05) is 0 Å². The number of carbonyl (C=O) groups is 1. The molecule has 1 saturated carbocycles. The zero-order chi connectivity index (χ0) is 31.3. The number of benzene rings is 2. The van der Waals surface area contributed by atoms with Crippen LogP contribution in [0.3, 0.4) is 0 Å². The summed E-state index contributed by atoms with van der Waals surface area (Å²) >= 11 is 6.12. The second-order valence-electron chi connectivity index (χ2n) is 8.63. The minimum atomic E-state index is -4.98. The summed E-state index contributed by atoms with van der Waals surface area (Å²) in [5, 5.41) is 30.8. The van der Waals surface area contributed by atoms with Crippen molar-refractivity contribution in [1.29, 1.82) is 0 Å². The highest BCUT2D eigenvalue weighted by atomic mass is 35.5. The van der Waals surface area contributed by atoms with Crippen molar-refractivity contribution in [2.75, 3.05) is 5.32 Å². The van der Waals surface area contributed by atoms with Crippen molar-refractivity contribution in [1.82, 2.24) is 0 Å². The monoisotopic (exact) mass is 554 g/mol. The number of rotatable bonds is 6. The van der Waals surface area contributed by atoms with E-state index in [1.165, 1.54) is 0 Å². The summed E-state index contributed by atoms with van der Waals surface area (Å²) < 4.78 is 109. The van der Waals surface area contributed by atoms with Crippen LogP contribution in [0, 0.1) is 29.3 Å². The molecule has 198 valence electrons. The maximum absolute atomic E-state index is 13.9. The van der Waals surface area contributed by atoms with Crippen molar-refractivity contribution in [2.24, 2.45) is 11.8 Å². The molecule has 1 aliphatic carbocycles. The van der Waals surface area contributed by atoms with E-state index in [4.69, 9.17) is 18.5 Å². The van der Waals surface area contributed by atoms with Gasteiger partial charge in [0.05, 0.1) is 26.8 Å². The molecule has 2 aromatic carbocycles. The van der Waals surface area contributed by atoms with Crippen molar-refractivity contribution >= 4 is 33.0 Å². The molecule has 0 heterocycles. The Kier molecular flexibility index (Phi) is 6.25. The second-order valence-corrected chi connectivity index (χ2v) is 11.1. The minimum absolute atomic E-state index is 0.414.